The van der Waals surface area contributed by atoms with Crippen LogP contribution in [-0.2, 0) is 23.7 Å². The van der Waals surface area contributed by atoms with Crippen LogP contribution >= 0.6 is 0 Å². The van der Waals surface area contributed by atoms with Gasteiger partial charge in [-0.2, -0.15) is 0 Å². The van der Waals surface area contributed by atoms with Gasteiger partial charge in [0.25, 0.3) is 0 Å². The van der Waals surface area contributed by atoms with E-state index in [1.807, 2.05) is 6.92 Å². The molecule has 0 radical (unpaired) electrons. The predicted octanol–water partition coefficient (Wildman–Crippen LogP) is 4.66. The zero-order valence-corrected chi connectivity index (χ0v) is 17.8. The Kier molecular flexibility index (Phi) is 14.3. The highest BCUT2D eigenvalue weighted by molar-refractivity contribution is 4.92. The van der Waals surface area contributed by atoms with E-state index < -0.39 is 24.7 Å². The normalized spacial score (nSPS) is 28.6. The minimum Gasteiger partial charge on any atom is -0.379 e. The summed E-state index contributed by atoms with van der Waals surface area (Å²) < 4.78 is 44.2. The van der Waals surface area contributed by atoms with Crippen LogP contribution in [0.15, 0.2) is 0 Å². The molecular formula is C21H41FO5. The Hall–Kier alpha value is -0.270. The van der Waals surface area contributed by atoms with Crippen LogP contribution in [0.5, 0.6) is 0 Å². The molecule has 1 aliphatic heterocycles. The lowest BCUT2D eigenvalue weighted by molar-refractivity contribution is -0.293. The highest BCUT2D eigenvalue weighted by Crippen LogP contribution is 2.30. The molecule has 1 fully saturated rings. The van der Waals surface area contributed by atoms with Crippen molar-refractivity contribution in [1.82, 2.24) is 0 Å². The Bertz CT molecular complexity index is 345. The molecule has 6 heteroatoms. The van der Waals surface area contributed by atoms with E-state index in [4.69, 9.17) is 23.7 Å². The summed E-state index contributed by atoms with van der Waals surface area (Å²) in [7, 11) is 0. The lowest BCUT2D eigenvalue weighted by Gasteiger charge is -2.43. The minimum absolute atomic E-state index is 0.306. The SMILES string of the molecule is CCCCOC1C(OCCCC)[C@H](F)OC(COCCC)[C@@H]1OCCCC. The lowest BCUT2D eigenvalue weighted by Crippen LogP contribution is -2.60. The molecule has 27 heavy (non-hydrogen) atoms. The first-order valence-electron chi connectivity index (χ1n) is 10.9. The zero-order valence-electron chi connectivity index (χ0n) is 17.8. The Morgan fingerprint density at radius 1 is 0.667 bits per heavy atom. The van der Waals surface area contributed by atoms with E-state index >= 15 is 0 Å². The van der Waals surface area contributed by atoms with E-state index in [1.54, 1.807) is 0 Å². The number of unbranched alkanes of at least 4 members (excludes halogenated alkanes) is 3. The van der Waals surface area contributed by atoms with Crippen molar-refractivity contribution in [2.45, 2.75) is 103 Å². The summed E-state index contributed by atoms with van der Waals surface area (Å²) in [6.07, 6.45) is 3.07. The quantitative estimate of drug-likeness (QED) is 0.357. The number of halogens is 1. The fourth-order valence-electron chi connectivity index (χ4n) is 3.00. The molecule has 0 amide bonds. The van der Waals surface area contributed by atoms with Gasteiger partial charge in [-0.15, -0.1) is 0 Å². The van der Waals surface area contributed by atoms with E-state index in [2.05, 4.69) is 20.8 Å². The van der Waals surface area contributed by atoms with Gasteiger partial charge in [-0.05, 0) is 25.7 Å². The van der Waals surface area contributed by atoms with Crippen LogP contribution in [0.4, 0.5) is 4.39 Å². The van der Waals surface area contributed by atoms with Crippen molar-refractivity contribution >= 4 is 0 Å². The third-order valence-corrected chi connectivity index (χ3v) is 4.63. The molecule has 1 aliphatic rings. The van der Waals surface area contributed by atoms with Gasteiger partial charge in [0.2, 0.25) is 6.36 Å². The van der Waals surface area contributed by atoms with Crippen molar-refractivity contribution < 1.29 is 28.1 Å². The second-order valence-corrected chi connectivity index (χ2v) is 7.17. The van der Waals surface area contributed by atoms with Gasteiger partial charge < -0.3 is 23.7 Å². The summed E-state index contributed by atoms with van der Waals surface area (Å²) in [4.78, 5) is 0. The molecule has 0 aromatic rings. The molecule has 0 aliphatic carbocycles. The van der Waals surface area contributed by atoms with E-state index in [0.717, 1.165) is 44.9 Å². The molecule has 1 saturated heterocycles. The average molecular weight is 393 g/mol. The third kappa shape index (κ3) is 9.18. The molecule has 0 aromatic heterocycles. The van der Waals surface area contributed by atoms with Crippen LogP contribution in [-0.4, -0.2) is 63.8 Å². The molecule has 162 valence electrons. The number of rotatable bonds is 16. The first-order valence-corrected chi connectivity index (χ1v) is 10.9. The largest absolute Gasteiger partial charge is 0.379 e. The molecule has 0 bridgehead atoms. The maximum absolute atomic E-state index is 14.8. The molecule has 5 nitrogen and oxygen atoms in total. The maximum atomic E-state index is 14.8. The van der Waals surface area contributed by atoms with Gasteiger partial charge in [0.1, 0.15) is 24.4 Å². The van der Waals surface area contributed by atoms with E-state index in [-0.39, 0.29) is 6.10 Å². The minimum atomic E-state index is -1.53. The highest BCUT2D eigenvalue weighted by Gasteiger charge is 2.48. The van der Waals surface area contributed by atoms with E-state index in [9.17, 15) is 4.39 Å². The Balaban J connectivity index is 2.86. The highest BCUT2D eigenvalue weighted by atomic mass is 19.1. The van der Waals surface area contributed by atoms with Gasteiger partial charge in [-0.1, -0.05) is 47.0 Å². The number of ether oxygens (including phenoxy) is 5. The second-order valence-electron chi connectivity index (χ2n) is 7.17. The maximum Gasteiger partial charge on any atom is 0.228 e. The fourth-order valence-corrected chi connectivity index (χ4v) is 3.00. The van der Waals surface area contributed by atoms with Crippen LogP contribution in [0.25, 0.3) is 0 Å². The number of hydrogen-bond acceptors (Lipinski definition) is 5. The molecule has 0 N–H and O–H groups in total. The molecule has 1 heterocycles. The average Bonchev–Trinajstić information content (AvgIpc) is 2.66. The molecule has 3 unspecified atom stereocenters. The van der Waals surface area contributed by atoms with Gasteiger partial charge in [0.15, 0.2) is 0 Å². The van der Waals surface area contributed by atoms with Crippen LogP contribution in [0, 0.1) is 0 Å². The lowest BCUT2D eigenvalue weighted by atomic mass is 9.98. The van der Waals surface area contributed by atoms with Crippen molar-refractivity contribution in [2.24, 2.45) is 0 Å². The van der Waals surface area contributed by atoms with Gasteiger partial charge in [-0.25, -0.2) is 4.39 Å². The molecule has 0 saturated carbocycles. The number of hydrogen-bond donors (Lipinski definition) is 0. The standard InChI is InChI=1S/C21H41FO5/c1-5-9-13-24-18-17(16-23-12-8-4)27-21(22)20(26-15-11-7-3)19(18)25-14-10-6-2/h17-21H,5-16H2,1-4H3/t17?,18-,19?,20?,21+/m0/s1. The van der Waals surface area contributed by atoms with Gasteiger partial charge in [-0.3, -0.25) is 0 Å². The fraction of sp³-hybridized carbons (Fsp3) is 1.00. The zero-order chi connectivity index (χ0) is 19.9. The molecular weight excluding hydrogens is 351 g/mol. The first kappa shape index (κ1) is 24.8. The summed E-state index contributed by atoms with van der Waals surface area (Å²) in [6.45, 7) is 10.9. The molecule has 5 atom stereocenters. The van der Waals surface area contributed by atoms with Crippen molar-refractivity contribution in [1.29, 1.82) is 0 Å². The first-order chi connectivity index (χ1) is 13.2. The van der Waals surface area contributed by atoms with Crippen LogP contribution in [0.1, 0.15) is 72.6 Å². The molecule has 0 aromatic carbocycles. The third-order valence-electron chi connectivity index (χ3n) is 4.63. The summed E-state index contributed by atoms with van der Waals surface area (Å²) in [6, 6.07) is 0. The van der Waals surface area contributed by atoms with Crippen molar-refractivity contribution in [3.63, 3.8) is 0 Å². The summed E-state index contributed by atoms with van der Waals surface area (Å²) in [5.41, 5.74) is 0. The summed E-state index contributed by atoms with van der Waals surface area (Å²) in [5, 5.41) is 0. The molecule has 0 spiro atoms. The van der Waals surface area contributed by atoms with Gasteiger partial charge in [0, 0.05) is 26.4 Å². The smallest absolute Gasteiger partial charge is 0.228 e. The van der Waals surface area contributed by atoms with Gasteiger partial charge >= 0.3 is 0 Å². The van der Waals surface area contributed by atoms with Crippen molar-refractivity contribution in [2.75, 3.05) is 33.0 Å². The summed E-state index contributed by atoms with van der Waals surface area (Å²) >= 11 is 0. The van der Waals surface area contributed by atoms with Gasteiger partial charge in [0.05, 0.1) is 6.61 Å². The Morgan fingerprint density at radius 2 is 1.19 bits per heavy atom. The monoisotopic (exact) mass is 392 g/mol. The van der Waals surface area contributed by atoms with Crippen LogP contribution in [0.3, 0.4) is 0 Å². The number of alkyl halides is 1. The Labute approximate surface area is 165 Å². The van der Waals surface area contributed by atoms with Crippen molar-refractivity contribution in [3.05, 3.63) is 0 Å². The topological polar surface area (TPSA) is 46.2 Å². The van der Waals surface area contributed by atoms with Crippen LogP contribution in [0.2, 0.25) is 0 Å². The summed E-state index contributed by atoms with van der Waals surface area (Å²) in [5.74, 6) is 0. The predicted molar refractivity (Wildman–Crippen MR) is 105 cm³/mol. The second kappa shape index (κ2) is 15.6. The molecule has 1 rings (SSSR count). The van der Waals surface area contributed by atoms with E-state index in [0.29, 0.717) is 33.0 Å². The van der Waals surface area contributed by atoms with E-state index in [1.165, 1.54) is 0 Å². The van der Waals surface area contributed by atoms with Crippen LogP contribution < -0.4 is 0 Å². The Morgan fingerprint density at radius 3 is 1.70 bits per heavy atom. The van der Waals surface area contributed by atoms with Crippen molar-refractivity contribution in [3.8, 4) is 0 Å².